The van der Waals surface area contributed by atoms with E-state index >= 15 is 0 Å². The molecule has 30 heavy (non-hydrogen) atoms. The van der Waals surface area contributed by atoms with Crippen molar-refractivity contribution in [1.82, 2.24) is 5.32 Å². The van der Waals surface area contributed by atoms with E-state index in [2.05, 4.69) is 5.32 Å². The zero-order valence-electron chi connectivity index (χ0n) is 16.9. The van der Waals surface area contributed by atoms with E-state index in [1.807, 2.05) is 30.3 Å². The molecule has 1 heterocycles. The summed E-state index contributed by atoms with van der Waals surface area (Å²) in [7, 11) is 0. The molecule has 0 bridgehead atoms. The Morgan fingerprint density at radius 1 is 1.07 bits per heavy atom. The van der Waals surface area contributed by atoms with Crippen LogP contribution < -0.4 is 16.8 Å². The first-order valence-corrected chi connectivity index (χ1v) is 10.2. The minimum atomic E-state index is -1.40. The van der Waals surface area contributed by atoms with Crippen molar-refractivity contribution in [2.24, 2.45) is 11.5 Å². The van der Waals surface area contributed by atoms with Crippen LogP contribution in [0.3, 0.4) is 0 Å². The lowest BCUT2D eigenvalue weighted by atomic mass is 9.84. The van der Waals surface area contributed by atoms with Gasteiger partial charge in [-0.25, -0.2) is 0 Å². The average molecular weight is 427 g/mol. The molecular formula is C20H33N3O7. The molecule has 5 unspecified atom stereocenters. The fraction of sp³-hybridized carbons (Fsp3) is 0.700. The number of rotatable bonds is 6. The fourth-order valence-corrected chi connectivity index (χ4v) is 4.07. The molecule has 0 amide bonds. The Labute approximate surface area is 175 Å². The van der Waals surface area contributed by atoms with Crippen molar-refractivity contribution < 1.29 is 35.0 Å². The number of hydrogen-bond acceptors (Lipinski definition) is 10. The maximum absolute atomic E-state index is 10.6. The molecule has 10 nitrogen and oxygen atoms in total. The third-order valence-corrected chi connectivity index (χ3v) is 5.91. The summed E-state index contributed by atoms with van der Waals surface area (Å²) in [4.78, 5) is 0. The summed E-state index contributed by atoms with van der Waals surface area (Å²) in [5, 5.41) is 54.4. The van der Waals surface area contributed by atoms with Crippen LogP contribution in [0.15, 0.2) is 30.3 Å². The number of benzene rings is 1. The molecule has 3 rings (SSSR count). The summed E-state index contributed by atoms with van der Waals surface area (Å²) in [5.74, 6) is 0. The Balaban J connectivity index is 1.63. The van der Waals surface area contributed by atoms with Crippen LogP contribution >= 0.6 is 0 Å². The van der Waals surface area contributed by atoms with Gasteiger partial charge in [0.2, 0.25) is 0 Å². The van der Waals surface area contributed by atoms with Crippen molar-refractivity contribution in [3.8, 4) is 0 Å². The van der Waals surface area contributed by atoms with Crippen molar-refractivity contribution >= 4 is 0 Å². The summed E-state index contributed by atoms with van der Waals surface area (Å²) in [5.41, 5.74) is 13.2. The van der Waals surface area contributed by atoms with Crippen LogP contribution in [0.2, 0.25) is 0 Å². The van der Waals surface area contributed by atoms with Gasteiger partial charge in [0, 0.05) is 18.6 Å². The quantitative estimate of drug-likeness (QED) is 0.235. The maximum atomic E-state index is 10.6. The summed E-state index contributed by atoms with van der Waals surface area (Å²) in [6.07, 6.45) is -9.39. The van der Waals surface area contributed by atoms with Crippen molar-refractivity contribution in [2.45, 2.75) is 87.0 Å². The molecule has 2 aliphatic rings. The largest absolute Gasteiger partial charge is 0.391 e. The molecule has 1 aromatic rings. The van der Waals surface area contributed by atoms with E-state index in [9.17, 15) is 25.5 Å². The predicted octanol–water partition coefficient (Wildman–Crippen LogP) is -2.86. The minimum absolute atomic E-state index is 0.322. The molecule has 2 fully saturated rings. The molecule has 10 heteroatoms. The third-order valence-electron chi connectivity index (χ3n) is 5.91. The number of nitrogens with one attached hydrogen (secondary N) is 1. The summed E-state index contributed by atoms with van der Waals surface area (Å²) >= 11 is 0. The van der Waals surface area contributed by atoms with Gasteiger partial charge >= 0.3 is 0 Å². The van der Waals surface area contributed by atoms with Gasteiger partial charge in [-0.2, -0.15) is 0 Å². The lowest BCUT2D eigenvalue weighted by Crippen LogP contribution is -2.68. The van der Waals surface area contributed by atoms with Crippen LogP contribution in [0.4, 0.5) is 0 Å². The standard InChI is InChI=1S/C20H33N3O7/c1-9(24)18-17(28)15(26)13(22)20(29-18)30-19-11(21)7-12(14(25)16(19)27)23-8-10-5-3-2-4-6-10/h2-6,9,11-20,23-28H,7-8,21-22H2,1H3/t9?,11?,12-,13?,14?,15-,16-,17+,18?,19-,20-/m1/s1. The highest BCUT2D eigenvalue weighted by Crippen LogP contribution is 2.28. The van der Waals surface area contributed by atoms with Crippen LogP contribution in [0.5, 0.6) is 0 Å². The van der Waals surface area contributed by atoms with Gasteiger partial charge in [-0.3, -0.25) is 0 Å². The molecule has 1 saturated carbocycles. The summed E-state index contributed by atoms with van der Waals surface area (Å²) in [6.45, 7) is 1.91. The lowest BCUT2D eigenvalue weighted by Gasteiger charge is -2.47. The fourth-order valence-electron chi connectivity index (χ4n) is 4.07. The zero-order valence-corrected chi connectivity index (χ0v) is 16.9. The van der Waals surface area contributed by atoms with Crippen LogP contribution in [0.1, 0.15) is 18.9 Å². The van der Waals surface area contributed by atoms with Crippen LogP contribution in [0.25, 0.3) is 0 Å². The first-order chi connectivity index (χ1) is 14.2. The van der Waals surface area contributed by atoms with Gasteiger partial charge in [0.1, 0.15) is 30.5 Å². The minimum Gasteiger partial charge on any atom is -0.391 e. The lowest BCUT2D eigenvalue weighted by molar-refractivity contribution is -0.301. The van der Waals surface area contributed by atoms with E-state index in [-0.39, 0.29) is 0 Å². The number of aliphatic hydroxyl groups excluding tert-OH is 5. The van der Waals surface area contributed by atoms with Gasteiger partial charge in [-0.1, -0.05) is 30.3 Å². The van der Waals surface area contributed by atoms with Crippen LogP contribution in [-0.2, 0) is 16.0 Å². The van der Waals surface area contributed by atoms with E-state index in [4.69, 9.17) is 20.9 Å². The van der Waals surface area contributed by atoms with E-state index in [1.54, 1.807) is 0 Å². The number of aliphatic hydroxyl groups is 5. The molecule has 1 aliphatic heterocycles. The molecule has 170 valence electrons. The first kappa shape index (κ1) is 23.5. The molecule has 0 spiro atoms. The molecule has 1 aliphatic carbocycles. The second-order valence-electron chi connectivity index (χ2n) is 8.22. The second-order valence-corrected chi connectivity index (χ2v) is 8.22. The van der Waals surface area contributed by atoms with Gasteiger partial charge in [0.15, 0.2) is 6.29 Å². The molecular weight excluding hydrogens is 394 g/mol. The topological polar surface area (TPSA) is 184 Å². The van der Waals surface area contributed by atoms with Crippen LogP contribution in [-0.4, -0.2) is 92.7 Å². The van der Waals surface area contributed by atoms with Gasteiger partial charge in [0.25, 0.3) is 0 Å². The number of hydrogen-bond donors (Lipinski definition) is 8. The molecule has 1 saturated heterocycles. The Bertz CT molecular complexity index is 667. The van der Waals surface area contributed by atoms with E-state index < -0.39 is 67.1 Å². The average Bonchev–Trinajstić information content (AvgIpc) is 2.73. The summed E-state index contributed by atoms with van der Waals surface area (Å²) in [6, 6.07) is 7.41. The molecule has 0 aromatic heterocycles. The Kier molecular flexibility index (Phi) is 7.80. The van der Waals surface area contributed by atoms with E-state index in [0.29, 0.717) is 13.0 Å². The third kappa shape index (κ3) is 5.00. The highest BCUT2D eigenvalue weighted by Gasteiger charge is 2.49. The van der Waals surface area contributed by atoms with Crippen molar-refractivity contribution in [3.63, 3.8) is 0 Å². The van der Waals surface area contributed by atoms with Crippen molar-refractivity contribution in [2.75, 3.05) is 0 Å². The summed E-state index contributed by atoms with van der Waals surface area (Å²) < 4.78 is 11.3. The smallest absolute Gasteiger partial charge is 0.176 e. The number of nitrogens with two attached hydrogens (primary N) is 2. The van der Waals surface area contributed by atoms with Crippen molar-refractivity contribution in [1.29, 1.82) is 0 Å². The maximum Gasteiger partial charge on any atom is 0.176 e. The Hall–Kier alpha value is -1.18. The van der Waals surface area contributed by atoms with E-state index in [1.165, 1.54) is 6.92 Å². The Morgan fingerprint density at radius 2 is 1.73 bits per heavy atom. The van der Waals surface area contributed by atoms with Gasteiger partial charge in [-0.05, 0) is 18.9 Å². The Morgan fingerprint density at radius 3 is 2.37 bits per heavy atom. The predicted molar refractivity (Wildman–Crippen MR) is 107 cm³/mol. The first-order valence-electron chi connectivity index (χ1n) is 10.2. The molecule has 1 aromatic carbocycles. The zero-order chi connectivity index (χ0) is 22.0. The van der Waals surface area contributed by atoms with E-state index in [0.717, 1.165) is 5.56 Å². The van der Waals surface area contributed by atoms with Gasteiger partial charge in [0.05, 0.1) is 18.2 Å². The monoisotopic (exact) mass is 427 g/mol. The van der Waals surface area contributed by atoms with Crippen molar-refractivity contribution in [3.05, 3.63) is 35.9 Å². The SMILES string of the molecule is CC(O)C1O[C@H](O[C@@H]2C(N)C[C@@H](NCc3ccccc3)C(O)[C@H]2O)C(N)[C@@H](O)[C@@H]1O. The van der Waals surface area contributed by atoms with Gasteiger partial charge < -0.3 is 51.8 Å². The normalized spacial score (nSPS) is 43.3. The van der Waals surface area contributed by atoms with Gasteiger partial charge in [-0.15, -0.1) is 0 Å². The number of ether oxygens (including phenoxy) is 2. The molecule has 11 atom stereocenters. The molecule has 0 radical (unpaired) electrons. The highest BCUT2D eigenvalue weighted by atomic mass is 16.7. The van der Waals surface area contributed by atoms with Crippen LogP contribution in [0, 0.1) is 0 Å². The highest BCUT2D eigenvalue weighted by molar-refractivity contribution is 5.14. The molecule has 10 N–H and O–H groups in total. The second kappa shape index (κ2) is 9.96.